The first-order valence-corrected chi connectivity index (χ1v) is 5.39. The molecule has 1 aromatic heterocycles. The van der Waals surface area contributed by atoms with Crippen LogP contribution >= 0.6 is 0 Å². The van der Waals surface area contributed by atoms with Crippen molar-refractivity contribution < 1.29 is 10.2 Å². The summed E-state index contributed by atoms with van der Waals surface area (Å²) in [5.41, 5.74) is 7.76. The van der Waals surface area contributed by atoms with Crippen molar-refractivity contribution in [2.24, 2.45) is 5.73 Å². The second kappa shape index (κ2) is 4.37. The topological polar surface area (TPSA) is 82.6 Å². The second-order valence-corrected chi connectivity index (χ2v) is 4.17. The number of aliphatic hydroxyl groups is 2. The highest BCUT2D eigenvalue weighted by Crippen LogP contribution is 2.24. The summed E-state index contributed by atoms with van der Waals surface area (Å²) in [6, 6.07) is 1.91. The Balaban J connectivity index is 2.31. The molecular formula is C11H17N3O2. The molecule has 1 aliphatic rings. The highest BCUT2D eigenvalue weighted by atomic mass is 16.3. The van der Waals surface area contributed by atoms with Crippen molar-refractivity contribution in [1.29, 1.82) is 0 Å². The number of nitrogens with two attached hydrogens (primary N) is 1. The Bertz CT molecular complexity index is 373. The van der Waals surface area contributed by atoms with Crippen molar-refractivity contribution in [3.63, 3.8) is 0 Å². The molecular weight excluding hydrogens is 206 g/mol. The number of hydrogen-bond acceptors (Lipinski definition) is 5. The molecule has 16 heavy (non-hydrogen) atoms. The number of rotatable bonds is 2. The lowest BCUT2D eigenvalue weighted by Gasteiger charge is -2.20. The summed E-state index contributed by atoms with van der Waals surface area (Å²) >= 11 is 0. The van der Waals surface area contributed by atoms with Crippen LogP contribution in [0.25, 0.3) is 0 Å². The highest BCUT2D eigenvalue weighted by Gasteiger charge is 2.31. The molecule has 0 aliphatic carbocycles. The van der Waals surface area contributed by atoms with Gasteiger partial charge in [0.2, 0.25) is 0 Å². The van der Waals surface area contributed by atoms with Gasteiger partial charge < -0.3 is 20.8 Å². The van der Waals surface area contributed by atoms with E-state index in [1.807, 2.05) is 17.9 Å². The molecule has 2 heterocycles. The van der Waals surface area contributed by atoms with Crippen LogP contribution in [0.4, 0.5) is 5.82 Å². The maximum absolute atomic E-state index is 9.51. The molecule has 1 fully saturated rings. The Hall–Kier alpha value is -1.17. The zero-order chi connectivity index (χ0) is 11.7. The predicted molar refractivity (Wildman–Crippen MR) is 61.1 cm³/mol. The predicted octanol–water partition coefficient (Wildman–Crippen LogP) is -0.609. The van der Waals surface area contributed by atoms with Gasteiger partial charge in [-0.1, -0.05) is 0 Å². The first kappa shape index (κ1) is 11.3. The monoisotopic (exact) mass is 223 g/mol. The lowest BCUT2D eigenvalue weighted by molar-refractivity contribution is 0.0572. The number of nitrogens with zero attached hydrogens (tertiary/aromatic N) is 2. The average molecular weight is 223 g/mol. The summed E-state index contributed by atoms with van der Waals surface area (Å²) in [5, 5.41) is 19.0. The minimum absolute atomic E-state index is 0.407. The number of β-amino-alcohol motifs (C(OH)–C–C–N with tert-alkyl or cyclic N) is 2. The molecule has 4 N–H and O–H groups in total. The summed E-state index contributed by atoms with van der Waals surface area (Å²) in [6.45, 7) is 3.21. The third kappa shape index (κ3) is 1.89. The van der Waals surface area contributed by atoms with Gasteiger partial charge >= 0.3 is 0 Å². The third-order valence-electron chi connectivity index (χ3n) is 3.03. The molecule has 1 aliphatic heterocycles. The molecule has 0 aromatic carbocycles. The van der Waals surface area contributed by atoms with Crippen molar-refractivity contribution in [2.45, 2.75) is 25.7 Å². The Kier molecular flexibility index (Phi) is 3.09. The zero-order valence-corrected chi connectivity index (χ0v) is 9.30. The molecule has 0 spiro atoms. The zero-order valence-electron chi connectivity index (χ0n) is 9.30. The summed E-state index contributed by atoms with van der Waals surface area (Å²) in [7, 11) is 0. The summed E-state index contributed by atoms with van der Waals surface area (Å²) in [4.78, 5) is 6.16. The smallest absolute Gasteiger partial charge is 0.133 e. The fourth-order valence-corrected chi connectivity index (χ4v) is 2.04. The molecule has 2 unspecified atom stereocenters. The van der Waals surface area contributed by atoms with Crippen LogP contribution in [0.1, 0.15) is 11.1 Å². The van der Waals surface area contributed by atoms with Gasteiger partial charge in [-0.05, 0) is 18.6 Å². The number of aryl methyl sites for hydroxylation is 1. The van der Waals surface area contributed by atoms with Gasteiger partial charge in [0.15, 0.2) is 0 Å². The Morgan fingerprint density at radius 2 is 2.06 bits per heavy atom. The average Bonchev–Trinajstić information content (AvgIpc) is 2.59. The Labute approximate surface area is 94.5 Å². The van der Waals surface area contributed by atoms with Gasteiger partial charge in [0, 0.05) is 31.4 Å². The van der Waals surface area contributed by atoms with Crippen LogP contribution in [-0.2, 0) is 6.54 Å². The van der Waals surface area contributed by atoms with Crippen molar-refractivity contribution >= 4 is 5.82 Å². The largest absolute Gasteiger partial charge is 0.389 e. The van der Waals surface area contributed by atoms with Gasteiger partial charge in [-0.15, -0.1) is 0 Å². The lowest BCUT2D eigenvalue weighted by Crippen LogP contribution is -2.24. The Morgan fingerprint density at radius 1 is 1.44 bits per heavy atom. The molecule has 5 heteroatoms. The first-order chi connectivity index (χ1) is 7.63. The van der Waals surface area contributed by atoms with Crippen LogP contribution in [0, 0.1) is 6.92 Å². The number of aromatic nitrogens is 1. The molecule has 5 nitrogen and oxygen atoms in total. The van der Waals surface area contributed by atoms with Gasteiger partial charge in [0.1, 0.15) is 5.82 Å². The van der Waals surface area contributed by atoms with Crippen LogP contribution in [0.3, 0.4) is 0 Å². The molecule has 1 saturated heterocycles. The molecule has 2 rings (SSSR count). The summed E-state index contributed by atoms with van der Waals surface area (Å²) in [6.07, 6.45) is 0.321. The van der Waals surface area contributed by atoms with Gasteiger partial charge in [0.05, 0.1) is 12.2 Å². The second-order valence-electron chi connectivity index (χ2n) is 4.17. The van der Waals surface area contributed by atoms with Gasteiger partial charge in [-0.25, -0.2) is 4.98 Å². The molecule has 1 aromatic rings. The van der Waals surface area contributed by atoms with E-state index in [0.717, 1.165) is 16.9 Å². The number of hydrogen-bond donors (Lipinski definition) is 3. The molecule has 88 valence electrons. The maximum Gasteiger partial charge on any atom is 0.133 e. The molecule has 0 amide bonds. The lowest BCUT2D eigenvalue weighted by atomic mass is 10.1. The molecule has 2 atom stereocenters. The van der Waals surface area contributed by atoms with Crippen LogP contribution in [0.2, 0.25) is 0 Å². The number of pyridine rings is 1. The van der Waals surface area contributed by atoms with E-state index in [-0.39, 0.29) is 0 Å². The quantitative estimate of drug-likeness (QED) is 0.623. The van der Waals surface area contributed by atoms with Gasteiger partial charge in [0.25, 0.3) is 0 Å². The van der Waals surface area contributed by atoms with E-state index >= 15 is 0 Å². The van der Waals surface area contributed by atoms with Crippen LogP contribution in [0.15, 0.2) is 12.3 Å². The third-order valence-corrected chi connectivity index (χ3v) is 3.03. The van der Waals surface area contributed by atoms with Crippen LogP contribution < -0.4 is 10.6 Å². The van der Waals surface area contributed by atoms with Crippen molar-refractivity contribution in [3.05, 3.63) is 23.4 Å². The molecule has 0 bridgehead atoms. The first-order valence-electron chi connectivity index (χ1n) is 5.39. The fraction of sp³-hybridized carbons (Fsp3) is 0.545. The van der Waals surface area contributed by atoms with Crippen molar-refractivity contribution in [2.75, 3.05) is 18.0 Å². The van der Waals surface area contributed by atoms with E-state index in [2.05, 4.69) is 4.98 Å². The van der Waals surface area contributed by atoms with E-state index in [1.54, 1.807) is 6.20 Å². The van der Waals surface area contributed by atoms with Gasteiger partial charge in [-0.2, -0.15) is 0 Å². The van der Waals surface area contributed by atoms with E-state index in [1.165, 1.54) is 0 Å². The van der Waals surface area contributed by atoms with Crippen molar-refractivity contribution in [3.8, 4) is 0 Å². The van der Waals surface area contributed by atoms with Crippen molar-refractivity contribution in [1.82, 2.24) is 4.98 Å². The minimum atomic E-state index is -0.701. The normalized spacial score (nSPS) is 25.1. The number of aliphatic hydroxyl groups excluding tert-OH is 2. The van der Waals surface area contributed by atoms with E-state index in [0.29, 0.717) is 19.6 Å². The number of anilines is 1. The highest BCUT2D eigenvalue weighted by molar-refractivity contribution is 5.51. The van der Waals surface area contributed by atoms with E-state index in [9.17, 15) is 10.2 Å². The van der Waals surface area contributed by atoms with E-state index < -0.39 is 12.2 Å². The maximum atomic E-state index is 9.51. The fourth-order valence-electron chi connectivity index (χ4n) is 2.04. The molecule has 0 radical (unpaired) electrons. The minimum Gasteiger partial charge on any atom is -0.389 e. The summed E-state index contributed by atoms with van der Waals surface area (Å²) in [5.74, 6) is 0.776. The SMILES string of the molecule is Cc1ccnc(N2CC(O)C(O)C2)c1CN. The van der Waals surface area contributed by atoms with Crippen LogP contribution in [-0.4, -0.2) is 40.5 Å². The molecule has 0 saturated carbocycles. The Morgan fingerprint density at radius 3 is 2.62 bits per heavy atom. The standard InChI is InChI=1S/C11H17N3O2/c1-7-2-3-13-11(8(7)4-12)14-5-9(15)10(16)6-14/h2-3,9-10,15-16H,4-6,12H2,1H3. The van der Waals surface area contributed by atoms with Crippen LogP contribution in [0.5, 0.6) is 0 Å². The van der Waals surface area contributed by atoms with Gasteiger partial charge in [-0.3, -0.25) is 0 Å². The van der Waals surface area contributed by atoms with E-state index in [4.69, 9.17) is 5.73 Å². The summed E-state index contributed by atoms with van der Waals surface area (Å²) < 4.78 is 0.